The molecule has 0 radical (unpaired) electrons. The average molecular weight is 651 g/mol. The quantitative estimate of drug-likeness (QED) is 0.0843. The van der Waals surface area contributed by atoms with Gasteiger partial charge in [-0.15, -0.1) is 0 Å². The summed E-state index contributed by atoms with van der Waals surface area (Å²) in [6, 6.07) is 15.2. The number of ether oxygens (including phenoxy) is 4. The summed E-state index contributed by atoms with van der Waals surface area (Å²) in [6.07, 6.45) is 11.5. The number of esters is 2. The largest absolute Gasteiger partial charge is 0.462 e. The van der Waals surface area contributed by atoms with Crippen LogP contribution in [0.4, 0.5) is 0 Å². The predicted molar refractivity (Wildman–Crippen MR) is 184 cm³/mol. The first kappa shape index (κ1) is 38.2. The number of hydrogen-bond donors (Lipinski definition) is 2. The van der Waals surface area contributed by atoms with E-state index in [9.17, 15) is 9.59 Å². The van der Waals surface area contributed by atoms with Crippen LogP contribution in [-0.2, 0) is 41.4 Å². The van der Waals surface area contributed by atoms with E-state index in [1.807, 2.05) is 6.07 Å². The zero-order chi connectivity index (χ0) is 33.9. The SMILES string of the molecule is C=C(COCCO)C(=O)OCCc1cc(CCOC(=O)C(=C)COCCO)cc(-c2ccc(C3CCC(CCCCC)CC3)cc2)c1. The molecule has 0 saturated heterocycles. The Hall–Kier alpha value is -3.30. The Bertz CT molecular complexity index is 1200. The van der Waals surface area contributed by atoms with E-state index >= 15 is 0 Å². The van der Waals surface area contributed by atoms with Crippen LogP contribution >= 0.6 is 0 Å². The van der Waals surface area contributed by atoms with Crippen molar-refractivity contribution >= 4 is 11.9 Å². The molecule has 0 spiro atoms. The van der Waals surface area contributed by atoms with E-state index in [0.29, 0.717) is 18.8 Å². The Morgan fingerprint density at radius 2 is 1.26 bits per heavy atom. The Kier molecular flexibility index (Phi) is 17.5. The van der Waals surface area contributed by atoms with E-state index in [1.54, 1.807) is 0 Å². The molecule has 258 valence electrons. The molecule has 1 saturated carbocycles. The molecule has 0 heterocycles. The van der Waals surface area contributed by atoms with Gasteiger partial charge in [-0.2, -0.15) is 0 Å². The van der Waals surface area contributed by atoms with Gasteiger partial charge in [0.05, 0.1) is 64.0 Å². The fourth-order valence-electron chi connectivity index (χ4n) is 6.00. The second-order valence-corrected chi connectivity index (χ2v) is 12.4. The zero-order valence-electron chi connectivity index (χ0n) is 28.2. The molecule has 0 aliphatic heterocycles. The number of hydrogen-bond acceptors (Lipinski definition) is 8. The normalized spacial score (nSPS) is 16.1. The molecule has 0 atom stereocenters. The van der Waals surface area contributed by atoms with Crippen LogP contribution in [-0.4, -0.2) is 75.0 Å². The van der Waals surface area contributed by atoms with E-state index in [-0.39, 0.29) is 64.0 Å². The Morgan fingerprint density at radius 1 is 0.723 bits per heavy atom. The second-order valence-electron chi connectivity index (χ2n) is 12.4. The molecule has 2 aromatic carbocycles. The van der Waals surface area contributed by atoms with Gasteiger partial charge in [0.25, 0.3) is 0 Å². The van der Waals surface area contributed by atoms with Crippen LogP contribution in [0, 0.1) is 5.92 Å². The Morgan fingerprint density at radius 3 is 1.74 bits per heavy atom. The van der Waals surface area contributed by atoms with Gasteiger partial charge in [-0.05, 0) is 65.3 Å². The summed E-state index contributed by atoms with van der Waals surface area (Å²) in [4.78, 5) is 24.6. The van der Waals surface area contributed by atoms with Crippen LogP contribution in [0.5, 0.6) is 0 Å². The second kappa shape index (κ2) is 21.5. The average Bonchev–Trinajstić information content (AvgIpc) is 3.08. The highest BCUT2D eigenvalue weighted by atomic mass is 16.5. The minimum atomic E-state index is -0.528. The summed E-state index contributed by atoms with van der Waals surface area (Å²) in [5.41, 5.74) is 5.93. The summed E-state index contributed by atoms with van der Waals surface area (Å²) < 4.78 is 21.2. The Balaban J connectivity index is 1.65. The third-order valence-corrected chi connectivity index (χ3v) is 8.68. The molecule has 2 N–H and O–H groups in total. The van der Waals surface area contributed by atoms with Crippen LogP contribution < -0.4 is 0 Å². The molecule has 0 unspecified atom stereocenters. The molecule has 0 aromatic heterocycles. The lowest BCUT2D eigenvalue weighted by Gasteiger charge is -2.29. The van der Waals surface area contributed by atoms with Gasteiger partial charge >= 0.3 is 11.9 Å². The highest BCUT2D eigenvalue weighted by Crippen LogP contribution is 2.38. The molecular weight excluding hydrogens is 596 g/mol. The predicted octanol–water partition coefficient (Wildman–Crippen LogP) is 6.51. The van der Waals surface area contributed by atoms with Crippen molar-refractivity contribution in [1.82, 2.24) is 0 Å². The minimum Gasteiger partial charge on any atom is -0.462 e. The lowest BCUT2D eigenvalue weighted by molar-refractivity contribution is -0.140. The Labute approximate surface area is 280 Å². The number of aliphatic hydroxyl groups excluding tert-OH is 2. The smallest absolute Gasteiger partial charge is 0.335 e. The lowest BCUT2D eigenvalue weighted by Crippen LogP contribution is -2.15. The number of carbonyl (C=O) groups excluding carboxylic acids is 2. The van der Waals surface area contributed by atoms with Gasteiger partial charge in [0.15, 0.2) is 0 Å². The van der Waals surface area contributed by atoms with E-state index in [0.717, 1.165) is 28.2 Å². The molecule has 8 nitrogen and oxygen atoms in total. The molecule has 3 rings (SSSR count). The summed E-state index contributed by atoms with van der Waals surface area (Å²) in [5, 5.41) is 17.7. The summed E-state index contributed by atoms with van der Waals surface area (Å²) in [7, 11) is 0. The van der Waals surface area contributed by atoms with Crippen molar-refractivity contribution in [2.75, 3.05) is 52.9 Å². The number of carbonyl (C=O) groups is 2. The summed E-state index contributed by atoms with van der Waals surface area (Å²) >= 11 is 0. The van der Waals surface area contributed by atoms with E-state index in [4.69, 9.17) is 29.2 Å². The maximum atomic E-state index is 12.3. The molecule has 1 fully saturated rings. The van der Waals surface area contributed by atoms with Gasteiger partial charge in [0.2, 0.25) is 0 Å². The van der Waals surface area contributed by atoms with E-state index < -0.39 is 11.9 Å². The first-order valence-electron chi connectivity index (χ1n) is 17.1. The third kappa shape index (κ3) is 13.8. The summed E-state index contributed by atoms with van der Waals surface area (Å²) in [5.74, 6) is 0.442. The third-order valence-electron chi connectivity index (χ3n) is 8.68. The fourth-order valence-corrected chi connectivity index (χ4v) is 6.00. The zero-order valence-corrected chi connectivity index (χ0v) is 28.2. The number of benzene rings is 2. The van der Waals surface area contributed by atoms with Gasteiger partial charge in [-0.1, -0.05) is 88.2 Å². The minimum absolute atomic E-state index is 0.00806. The van der Waals surface area contributed by atoms with Crippen LogP contribution in [0.25, 0.3) is 11.1 Å². The molecule has 0 bridgehead atoms. The van der Waals surface area contributed by atoms with Crippen molar-refractivity contribution in [1.29, 1.82) is 0 Å². The summed E-state index contributed by atoms with van der Waals surface area (Å²) in [6.45, 7) is 10.0. The van der Waals surface area contributed by atoms with Crippen LogP contribution in [0.15, 0.2) is 66.8 Å². The number of unbranched alkanes of at least 4 members (excludes halogenated alkanes) is 2. The van der Waals surface area contributed by atoms with Crippen LogP contribution in [0.1, 0.15) is 80.9 Å². The van der Waals surface area contributed by atoms with Crippen molar-refractivity contribution in [2.24, 2.45) is 5.92 Å². The molecule has 2 aromatic rings. The van der Waals surface area contributed by atoms with Crippen LogP contribution in [0.3, 0.4) is 0 Å². The van der Waals surface area contributed by atoms with Crippen LogP contribution in [0.2, 0.25) is 0 Å². The van der Waals surface area contributed by atoms with Gasteiger partial charge in [-0.3, -0.25) is 0 Å². The van der Waals surface area contributed by atoms with Gasteiger partial charge in [0.1, 0.15) is 0 Å². The highest BCUT2D eigenvalue weighted by molar-refractivity contribution is 5.88. The maximum Gasteiger partial charge on any atom is 0.335 e. The van der Waals surface area contributed by atoms with Crippen molar-refractivity contribution in [3.05, 3.63) is 83.5 Å². The molecule has 47 heavy (non-hydrogen) atoms. The lowest BCUT2D eigenvalue weighted by atomic mass is 9.77. The highest BCUT2D eigenvalue weighted by Gasteiger charge is 2.22. The van der Waals surface area contributed by atoms with Gasteiger partial charge < -0.3 is 29.2 Å². The van der Waals surface area contributed by atoms with Crippen molar-refractivity contribution in [2.45, 2.75) is 77.0 Å². The molecular formula is C39H54O8. The number of aliphatic hydroxyl groups is 2. The molecule has 1 aliphatic rings. The van der Waals surface area contributed by atoms with E-state index in [2.05, 4.69) is 56.5 Å². The van der Waals surface area contributed by atoms with E-state index in [1.165, 1.54) is 56.9 Å². The molecule has 0 amide bonds. The molecule has 8 heteroatoms. The topological polar surface area (TPSA) is 112 Å². The standard InChI is InChI=1S/C39H54O8/c1-4-5-6-7-31-8-10-34(11-9-31)35-12-14-36(15-13-35)37-25-32(16-20-46-38(42)29(2)27-44-22-18-40)24-33(26-37)17-21-47-39(43)30(3)28-45-23-19-41/h12-15,24-26,31,34,40-41H,2-11,16-23,27-28H2,1H3. The first-order valence-corrected chi connectivity index (χ1v) is 17.1. The molecule has 1 aliphatic carbocycles. The van der Waals surface area contributed by atoms with Gasteiger partial charge in [-0.25, -0.2) is 9.59 Å². The maximum absolute atomic E-state index is 12.3. The first-order chi connectivity index (χ1) is 22.8. The number of rotatable bonds is 22. The van der Waals surface area contributed by atoms with Gasteiger partial charge in [0, 0.05) is 12.8 Å². The van der Waals surface area contributed by atoms with Crippen molar-refractivity contribution in [3.63, 3.8) is 0 Å². The fraction of sp³-hybridized carbons (Fsp3) is 0.538. The monoisotopic (exact) mass is 650 g/mol. The van der Waals surface area contributed by atoms with Crippen molar-refractivity contribution in [3.8, 4) is 11.1 Å². The van der Waals surface area contributed by atoms with Crippen molar-refractivity contribution < 1.29 is 38.7 Å².